The summed E-state index contributed by atoms with van der Waals surface area (Å²) in [6, 6.07) is 11.7. The molecule has 0 aliphatic rings. The van der Waals surface area contributed by atoms with Crippen molar-refractivity contribution in [2.75, 3.05) is 0 Å². The van der Waals surface area contributed by atoms with Gasteiger partial charge in [-0.05, 0) is 35.9 Å². The first-order valence-corrected chi connectivity index (χ1v) is 10.9. The van der Waals surface area contributed by atoms with Crippen LogP contribution in [0.3, 0.4) is 0 Å². The van der Waals surface area contributed by atoms with Crippen molar-refractivity contribution in [1.82, 2.24) is 0 Å². The quantitative estimate of drug-likeness (QED) is 0.311. The molecular weight excluding hydrogens is 482 g/mol. The van der Waals surface area contributed by atoms with Crippen LogP contribution in [0.15, 0.2) is 54.6 Å². The van der Waals surface area contributed by atoms with Gasteiger partial charge in [0.1, 0.15) is 5.75 Å². The fourth-order valence-corrected chi connectivity index (χ4v) is 5.92. The van der Waals surface area contributed by atoms with E-state index >= 15 is 0 Å². The van der Waals surface area contributed by atoms with Gasteiger partial charge in [-0.25, -0.2) is 0 Å². The van der Waals surface area contributed by atoms with Crippen LogP contribution in [0, 0.1) is 0 Å². The highest BCUT2D eigenvalue weighted by atomic mass is 35.5. The third-order valence-electron chi connectivity index (χ3n) is 4.42. The van der Waals surface area contributed by atoms with Gasteiger partial charge in [-0.2, -0.15) is 8.42 Å². The van der Waals surface area contributed by atoms with Crippen LogP contribution < -0.4 is 0 Å². The average Bonchev–Trinajstić information content (AvgIpc) is 2.64. The summed E-state index contributed by atoms with van der Waals surface area (Å²) in [7, 11) is -5.08. The van der Waals surface area contributed by atoms with Crippen LogP contribution in [-0.2, 0) is 14.9 Å². The van der Waals surface area contributed by atoms with Crippen LogP contribution in [0.4, 0.5) is 0 Å². The summed E-state index contributed by atoms with van der Waals surface area (Å²) in [5.41, 5.74) is -0.444. The molecular formula is C19H12Cl4O5S. The van der Waals surface area contributed by atoms with Crippen molar-refractivity contribution in [2.24, 2.45) is 0 Å². The lowest BCUT2D eigenvalue weighted by atomic mass is 9.83. The number of phenolic OH excluding ortho intramolecular Hbond substituents is 2. The zero-order chi connectivity index (χ0) is 21.6. The molecule has 0 amide bonds. The summed E-state index contributed by atoms with van der Waals surface area (Å²) in [4.78, 5) is 0. The molecule has 0 saturated heterocycles. The van der Waals surface area contributed by atoms with E-state index in [4.69, 9.17) is 46.4 Å². The van der Waals surface area contributed by atoms with E-state index in [2.05, 4.69) is 0 Å². The Morgan fingerprint density at radius 2 is 1.31 bits per heavy atom. The van der Waals surface area contributed by atoms with Crippen molar-refractivity contribution < 1.29 is 23.2 Å². The molecule has 3 aromatic rings. The van der Waals surface area contributed by atoms with E-state index in [9.17, 15) is 23.2 Å². The van der Waals surface area contributed by atoms with Crippen LogP contribution in [-0.4, -0.2) is 23.2 Å². The Labute approximate surface area is 186 Å². The molecule has 0 heterocycles. The van der Waals surface area contributed by atoms with Crippen molar-refractivity contribution in [2.45, 2.75) is 4.75 Å². The molecule has 0 aliphatic carbocycles. The summed E-state index contributed by atoms with van der Waals surface area (Å²) < 4.78 is 34.1. The minimum atomic E-state index is -5.08. The number of halogens is 4. The molecule has 10 heteroatoms. The number of hydrogen-bond acceptors (Lipinski definition) is 4. The molecule has 3 aromatic carbocycles. The zero-order valence-corrected chi connectivity index (χ0v) is 18.1. The lowest BCUT2D eigenvalue weighted by molar-refractivity contribution is 0.455. The highest BCUT2D eigenvalue weighted by Gasteiger charge is 2.52. The molecule has 0 aromatic heterocycles. The van der Waals surface area contributed by atoms with Gasteiger partial charge in [0.15, 0.2) is 10.5 Å². The lowest BCUT2D eigenvalue weighted by Crippen LogP contribution is -2.39. The normalized spacial score (nSPS) is 13.8. The first-order valence-electron chi connectivity index (χ1n) is 7.90. The van der Waals surface area contributed by atoms with Gasteiger partial charge >= 0.3 is 0 Å². The Bertz CT molecular complexity index is 1180. The predicted molar refractivity (Wildman–Crippen MR) is 114 cm³/mol. The molecule has 0 bridgehead atoms. The Morgan fingerprint density at radius 3 is 1.83 bits per heavy atom. The number of hydrogen-bond donors (Lipinski definition) is 3. The Morgan fingerprint density at radius 1 is 0.759 bits per heavy atom. The van der Waals surface area contributed by atoms with E-state index in [-0.39, 0.29) is 37.5 Å². The van der Waals surface area contributed by atoms with E-state index in [0.29, 0.717) is 0 Å². The molecule has 5 nitrogen and oxygen atoms in total. The second kappa shape index (κ2) is 7.87. The first-order chi connectivity index (χ1) is 13.5. The van der Waals surface area contributed by atoms with E-state index in [1.807, 2.05) is 0 Å². The second-order valence-electron chi connectivity index (χ2n) is 6.06. The largest absolute Gasteiger partial charge is 0.508 e. The average molecular weight is 494 g/mol. The highest BCUT2D eigenvalue weighted by molar-refractivity contribution is 7.87. The maximum Gasteiger partial charge on any atom is 0.283 e. The van der Waals surface area contributed by atoms with Gasteiger partial charge in [0.25, 0.3) is 10.1 Å². The van der Waals surface area contributed by atoms with Crippen molar-refractivity contribution >= 4 is 56.5 Å². The van der Waals surface area contributed by atoms with Gasteiger partial charge in [-0.15, -0.1) is 0 Å². The smallest absolute Gasteiger partial charge is 0.283 e. The molecule has 0 saturated carbocycles. The molecule has 1 atom stereocenters. The third-order valence-corrected chi connectivity index (χ3v) is 7.17. The lowest BCUT2D eigenvalue weighted by Gasteiger charge is -2.34. The van der Waals surface area contributed by atoms with Crippen LogP contribution in [0.25, 0.3) is 0 Å². The van der Waals surface area contributed by atoms with Crippen molar-refractivity contribution in [3.63, 3.8) is 0 Å². The third kappa shape index (κ3) is 3.54. The molecule has 3 rings (SSSR count). The van der Waals surface area contributed by atoms with E-state index < -0.39 is 25.6 Å². The van der Waals surface area contributed by atoms with Crippen molar-refractivity contribution in [3.05, 3.63) is 91.4 Å². The van der Waals surface area contributed by atoms with Gasteiger partial charge in [-0.3, -0.25) is 4.55 Å². The van der Waals surface area contributed by atoms with E-state index in [1.54, 1.807) is 0 Å². The minimum absolute atomic E-state index is 0.0311. The fraction of sp³-hybridized carbons (Fsp3) is 0.0526. The van der Waals surface area contributed by atoms with Gasteiger partial charge in [0.05, 0.1) is 10.0 Å². The second-order valence-corrected chi connectivity index (χ2v) is 9.22. The standard InChI is InChI=1S/C19H12Cl4O5S/c20-13-2-1-3-14(21)16(13)19(29(26,27)28,10-4-6-11(24)7-5-10)12-8-9-15(22)18(25)17(12)23/h1-9,24-25H,(H,26,27,28). The van der Waals surface area contributed by atoms with Crippen LogP contribution in [0.1, 0.15) is 16.7 Å². The summed E-state index contributed by atoms with van der Waals surface area (Å²) >= 11 is 24.8. The Balaban J connectivity index is 2.63. The predicted octanol–water partition coefficient (Wildman–Crippen LogP) is 5.89. The topological polar surface area (TPSA) is 94.8 Å². The summed E-state index contributed by atoms with van der Waals surface area (Å²) in [5.74, 6) is -0.728. The SMILES string of the molecule is O=S(=O)(O)C(c1ccc(O)cc1)(c1ccc(Cl)c(O)c1Cl)c1c(Cl)cccc1Cl. The number of rotatable bonds is 4. The molecule has 0 radical (unpaired) electrons. The molecule has 3 N–H and O–H groups in total. The summed E-state index contributed by atoms with van der Waals surface area (Å²) in [5, 5.41) is 19.2. The molecule has 0 aliphatic heterocycles. The van der Waals surface area contributed by atoms with Crippen molar-refractivity contribution in [3.8, 4) is 11.5 Å². The summed E-state index contributed by atoms with van der Waals surface area (Å²) in [6.07, 6.45) is 0. The summed E-state index contributed by atoms with van der Waals surface area (Å²) in [6.45, 7) is 0. The fourth-order valence-electron chi connectivity index (χ4n) is 3.19. The number of benzene rings is 3. The van der Waals surface area contributed by atoms with Crippen LogP contribution in [0.5, 0.6) is 11.5 Å². The van der Waals surface area contributed by atoms with E-state index in [0.717, 1.165) is 0 Å². The van der Waals surface area contributed by atoms with Gasteiger partial charge in [-0.1, -0.05) is 70.7 Å². The maximum atomic E-state index is 13.0. The van der Waals surface area contributed by atoms with Crippen LogP contribution in [0.2, 0.25) is 20.1 Å². The number of aromatic hydroxyl groups is 2. The van der Waals surface area contributed by atoms with Crippen LogP contribution >= 0.6 is 46.4 Å². The van der Waals surface area contributed by atoms with Gasteiger partial charge in [0.2, 0.25) is 0 Å². The Kier molecular flexibility index (Phi) is 5.98. The molecule has 1 unspecified atom stereocenters. The highest BCUT2D eigenvalue weighted by Crippen LogP contribution is 2.53. The molecule has 29 heavy (non-hydrogen) atoms. The maximum absolute atomic E-state index is 13.0. The zero-order valence-electron chi connectivity index (χ0n) is 14.3. The van der Waals surface area contributed by atoms with Crippen molar-refractivity contribution in [1.29, 1.82) is 0 Å². The van der Waals surface area contributed by atoms with E-state index in [1.165, 1.54) is 54.6 Å². The molecule has 0 spiro atoms. The molecule has 152 valence electrons. The first kappa shape index (κ1) is 22.0. The Hall–Kier alpha value is -1.67. The van der Waals surface area contributed by atoms with Gasteiger partial charge in [0, 0.05) is 21.2 Å². The monoisotopic (exact) mass is 492 g/mol. The van der Waals surface area contributed by atoms with Gasteiger partial charge < -0.3 is 10.2 Å². The molecule has 0 fully saturated rings. The minimum Gasteiger partial charge on any atom is -0.508 e. The number of phenols is 2.